The van der Waals surface area contributed by atoms with Crippen LogP contribution in [0.4, 0.5) is 18.9 Å². The van der Waals surface area contributed by atoms with E-state index in [1.54, 1.807) is 24.3 Å². The Bertz CT molecular complexity index is 805. The fraction of sp³-hybridized carbons (Fsp3) is 0.222. The van der Waals surface area contributed by atoms with Crippen LogP contribution in [0.2, 0.25) is 0 Å². The zero-order chi connectivity index (χ0) is 19.3. The van der Waals surface area contributed by atoms with E-state index in [1.807, 2.05) is 0 Å². The summed E-state index contributed by atoms with van der Waals surface area (Å²) in [7, 11) is 1.43. The molecule has 138 valence electrons. The van der Waals surface area contributed by atoms with Gasteiger partial charge in [-0.1, -0.05) is 18.2 Å². The molecule has 0 fully saturated rings. The second kappa shape index (κ2) is 7.90. The number of esters is 1. The van der Waals surface area contributed by atoms with Gasteiger partial charge in [0.25, 0.3) is 5.91 Å². The second-order valence-corrected chi connectivity index (χ2v) is 5.32. The van der Waals surface area contributed by atoms with E-state index in [-0.39, 0.29) is 5.56 Å². The van der Waals surface area contributed by atoms with E-state index in [4.69, 9.17) is 9.47 Å². The van der Waals surface area contributed by atoms with Gasteiger partial charge in [-0.15, -0.1) is 0 Å². The Hall–Kier alpha value is -3.03. The Balaban J connectivity index is 2.06. The van der Waals surface area contributed by atoms with Gasteiger partial charge in [-0.05, 0) is 37.3 Å². The first-order chi connectivity index (χ1) is 12.2. The SMILES string of the molecule is COc1ccccc1NC(=O)[C@H](C)OC(=O)c1cccc(C(F)(F)F)c1. The zero-order valence-electron chi connectivity index (χ0n) is 14.0. The summed E-state index contributed by atoms with van der Waals surface area (Å²) in [5.74, 6) is -1.26. The average molecular weight is 367 g/mol. The lowest BCUT2D eigenvalue weighted by Gasteiger charge is -2.15. The summed E-state index contributed by atoms with van der Waals surface area (Å²) in [5.41, 5.74) is -0.892. The first-order valence-corrected chi connectivity index (χ1v) is 7.54. The van der Waals surface area contributed by atoms with Crippen molar-refractivity contribution in [3.05, 3.63) is 59.7 Å². The molecular formula is C18H16F3NO4. The molecule has 5 nitrogen and oxygen atoms in total. The molecule has 1 atom stereocenters. The van der Waals surface area contributed by atoms with Gasteiger partial charge in [0.2, 0.25) is 0 Å². The molecule has 2 rings (SSSR count). The van der Waals surface area contributed by atoms with Gasteiger partial charge >= 0.3 is 12.1 Å². The zero-order valence-corrected chi connectivity index (χ0v) is 14.0. The number of hydrogen-bond acceptors (Lipinski definition) is 4. The summed E-state index contributed by atoms with van der Waals surface area (Å²) >= 11 is 0. The Morgan fingerprint density at radius 2 is 1.77 bits per heavy atom. The number of nitrogens with one attached hydrogen (secondary N) is 1. The Labute approximate surface area is 147 Å². The second-order valence-electron chi connectivity index (χ2n) is 5.32. The van der Waals surface area contributed by atoms with Crippen LogP contribution in [0.1, 0.15) is 22.8 Å². The molecule has 0 saturated carbocycles. The van der Waals surface area contributed by atoms with Gasteiger partial charge in [0, 0.05) is 0 Å². The molecule has 2 aromatic rings. The predicted molar refractivity (Wildman–Crippen MR) is 87.9 cm³/mol. The van der Waals surface area contributed by atoms with Crippen LogP contribution in [0, 0.1) is 0 Å². The lowest BCUT2D eigenvalue weighted by Crippen LogP contribution is -2.30. The number of amides is 1. The quantitative estimate of drug-likeness (QED) is 0.814. The number of anilines is 1. The van der Waals surface area contributed by atoms with Crippen LogP contribution in [-0.2, 0) is 15.7 Å². The third kappa shape index (κ3) is 4.75. The molecule has 0 aliphatic rings. The van der Waals surface area contributed by atoms with E-state index in [0.717, 1.165) is 12.1 Å². The van der Waals surface area contributed by atoms with Crippen molar-refractivity contribution in [2.75, 3.05) is 12.4 Å². The van der Waals surface area contributed by atoms with Crippen molar-refractivity contribution in [1.82, 2.24) is 0 Å². The highest BCUT2D eigenvalue weighted by molar-refractivity contribution is 5.98. The van der Waals surface area contributed by atoms with Gasteiger partial charge in [-0.3, -0.25) is 4.79 Å². The summed E-state index contributed by atoms with van der Waals surface area (Å²) in [5, 5.41) is 2.53. The number of carbonyl (C=O) groups excluding carboxylic acids is 2. The maximum atomic E-state index is 12.7. The summed E-state index contributed by atoms with van der Waals surface area (Å²) in [6.07, 6.45) is -5.80. The van der Waals surface area contributed by atoms with Crippen molar-refractivity contribution in [3.8, 4) is 5.75 Å². The largest absolute Gasteiger partial charge is 0.495 e. The molecule has 0 saturated heterocycles. The van der Waals surface area contributed by atoms with Crippen LogP contribution in [0.5, 0.6) is 5.75 Å². The Morgan fingerprint density at radius 3 is 2.42 bits per heavy atom. The number of hydrogen-bond donors (Lipinski definition) is 1. The van der Waals surface area contributed by atoms with Gasteiger partial charge < -0.3 is 14.8 Å². The highest BCUT2D eigenvalue weighted by Gasteiger charge is 2.31. The summed E-state index contributed by atoms with van der Waals surface area (Å²) in [4.78, 5) is 24.2. The van der Waals surface area contributed by atoms with Gasteiger partial charge in [0.15, 0.2) is 6.10 Å². The number of ether oxygens (including phenoxy) is 2. The van der Waals surface area contributed by atoms with Crippen LogP contribution in [0.3, 0.4) is 0 Å². The number of alkyl halides is 3. The van der Waals surface area contributed by atoms with Crippen LogP contribution in [0.15, 0.2) is 48.5 Å². The molecule has 0 unspecified atom stereocenters. The van der Waals surface area contributed by atoms with E-state index >= 15 is 0 Å². The van der Waals surface area contributed by atoms with Crippen LogP contribution >= 0.6 is 0 Å². The molecule has 0 bridgehead atoms. The summed E-state index contributed by atoms with van der Waals surface area (Å²) < 4.78 is 48.2. The maximum absolute atomic E-state index is 12.7. The molecule has 8 heteroatoms. The minimum atomic E-state index is -4.58. The van der Waals surface area contributed by atoms with Crippen molar-refractivity contribution in [1.29, 1.82) is 0 Å². The topological polar surface area (TPSA) is 64.6 Å². The molecule has 26 heavy (non-hydrogen) atoms. The molecule has 0 aromatic heterocycles. The fourth-order valence-electron chi connectivity index (χ4n) is 2.09. The summed E-state index contributed by atoms with van der Waals surface area (Å²) in [6, 6.07) is 10.4. The highest BCUT2D eigenvalue weighted by atomic mass is 19.4. The number of rotatable bonds is 5. The minimum absolute atomic E-state index is 0.295. The fourth-order valence-corrected chi connectivity index (χ4v) is 2.09. The first kappa shape index (κ1) is 19.3. The van der Waals surface area contributed by atoms with Crippen LogP contribution < -0.4 is 10.1 Å². The normalized spacial score (nSPS) is 12.2. The van der Waals surface area contributed by atoms with Crippen LogP contribution in [0.25, 0.3) is 0 Å². The van der Waals surface area contributed by atoms with Gasteiger partial charge in [-0.2, -0.15) is 13.2 Å². The molecule has 0 aliphatic carbocycles. The third-order valence-corrected chi connectivity index (χ3v) is 3.44. The van der Waals surface area contributed by atoms with Crippen molar-refractivity contribution >= 4 is 17.6 Å². The number of benzene rings is 2. The van der Waals surface area contributed by atoms with Crippen molar-refractivity contribution in [3.63, 3.8) is 0 Å². The number of halogens is 3. The lowest BCUT2D eigenvalue weighted by molar-refractivity contribution is -0.137. The van der Waals surface area contributed by atoms with Crippen LogP contribution in [-0.4, -0.2) is 25.1 Å². The standard InChI is InChI=1S/C18H16F3NO4/c1-11(16(23)22-14-8-3-4-9-15(14)25-2)26-17(24)12-6-5-7-13(10-12)18(19,20)21/h3-11H,1-2H3,(H,22,23)/t11-/m0/s1. The Morgan fingerprint density at radius 1 is 1.08 bits per heavy atom. The predicted octanol–water partition coefficient (Wildman–Crippen LogP) is 3.90. The van der Waals surface area contributed by atoms with Crippen molar-refractivity contribution in [2.24, 2.45) is 0 Å². The van der Waals surface area contributed by atoms with Gasteiger partial charge in [0.05, 0.1) is 23.9 Å². The molecule has 0 radical (unpaired) electrons. The molecule has 0 heterocycles. The molecular weight excluding hydrogens is 351 g/mol. The molecule has 0 aliphatic heterocycles. The Kier molecular flexibility index (Phi) is 5.86. The monoisotopic (exact) mass is 367 g/mol. The van der Waals surface area contributed by atoms with E-state index in [0.29, 0.717) is 17.5 Å². The molecule has 2 aromatic carbocycles. The number of carbonyl (C=O) groups is 2. The van der Waals surface area contributed by atoms with Gasteiger partial charge in [0.1, 0.15) is 5.75 Å². The van der Waals surface area contributed by atoms with Crippen molar-refractivity contribution < 1.29 is 32.2 Å². The number of para-hydroxylation sites is 2. The first-order valence-electron chi connectivity index (χ1n) is 7.54. The third-order valence-electron chi connectivity index (χ3n) is 3.44. The summed E-state index contributed by atoms with van der Waals surface area (Å²) in [6.45, 7) is 1.32. The minimum Gasteiger partial charge on any atom is -0.495 e. The molecule has 1 N–H and O–H groups in total. The molecule has 1 amide bonds. The molecule has 0 spiro atoms. The van der Waals surface area contributed by atoms with Gasteiger partial charge in [-0.25, -0.2) is 4.79 Å². The van der Waals surface area contributed by atoms with Crippen molar-refractivity contribution in [2.45, 2.75) is 19.2 Å². The smallest absolute Gasteiger partial charge is 0.416 e. The van der Waals surface area contributed by atoms with E-state index in [1.165, 1.54) is 20.1 Å². The highest BCUT2D eigenvalue weighted by Crippen LogP contribution is 2.29. The lowest BCUT2D eigenvalue weighted by atomic mass is 10.1. The number of methoxy groups -OCH3 is 1. The average Bonchev–Trinajstić information content (AvgIpc) is 2.61. The maximum Gasteiger partial charge on any atom is 0.416 e. The van der Waals surface area contributed by atoms with E-state index in [2.05, 4.69) is 5.32 Å². The van der Waals surface area contributed by atoms with E-state index in [9.17, 15) is 22.8 Å². The van der Waals surface area contributed by atoms with E-state index < -0.39 is 29.7 Å².